The summed E-state index contributed by atoms with van der Waals surface area (Å²) in [7, 11) is -0.0370. The zero-order valence-corrected chi connectivity index (χ0v) is 6.41. The maximum Gasteiger partial charge on any atom is 0.231 e. The Bertz CT molecular complexity index is 116. The molecule has 2 rings (SSSR count). The van der Waals surface area contributed by atoms with Crippen molar-refractivity contribution in [3.05, 3.63) is 0 Å². The number of rotatable bonds is 0. The maximum atomic E-state index is 5.46. The van der Waals surface area contributed by atoms with Crippen LogP contribution in [0.3, 0.4) is 0 Å². The lowest BCUT2D eigenvalue weighted by atomic mass is 10.1. The molecule has 2 saturated heterocycles. The fourth-order valence-corrected chi connectivity index (χ4v) is 1.59. The molecule has 0 spiro atoms. The normalized spacial score (nSPS) is 42.6. The summed E-state index contributed by atoms with van der Waals surface area (Å²) in [6, 6.07) is 0. The van der Waals surface area contributed by atoms with Gasteiger partial charge < -0.3 is 14.1 Å². The third-order valence-corrected chi connectivity index (χ3v) is 1.98. The van der Waals surface area contributed by atoms with E-state index < -0.39 is 0 Å². The van der Waals surface area contributed by atoms with Crippen LogP contribution in [0.15, 0.2) is 0 Å². The highest BCUT2D eigenvalue weighted by Gasteiger charge is 2.29. The summed E-state index contributed by atoms with van der Waals surface area (Å²) in [6.07, 6.45) is 0.690. The highest BCUT2D eigenvalue weighted by atomic mass is 16.6. The smallest absolute Gasteiger partial charge is 0.231 e. The lowest BCUT2D eigenvalue weighted by Gasteiger charge is -2.21. The monoisotopic (exact) mass is 141 g/mol. The Hall–Kier alpha value is -0.0551. The van der Waals surface area contributed by atoms with Crippen molar-refractivity contribution < 1.29 is 9.31 Å². The maximum absolute atomic E-state index is 5.46. The second-order valence-electron chi connectivity index (χ2n) is 3.15. The first-order chi connectivity index (χ1) is 4.75. The van der Waals surface area contributed by atoms with Crippen LogP contribution in [0, 0.1) is 0 Å². The van der Waals surface area contributed by atoms with Gasteiger partial charge in [-0.2, -0.15) is 0 Å². The van der Waals surface area contributed by atoms with Crippen molar-refractivity contribution in [2.24, 2.45) is 0 Å². The second-order valence-corrected chi connectivity index (χ2v) is 3.15. The van der Waals surface area contributed by atoms with Gasteiger partial charge in [0.1, 0.15) is 0 Å². The Morgan fingerprint density at radius 2 is 1.70 bits per heavy atom. The highest BCUT2D eigenvalue weighted by Crippen LogP contribution is 2.21. The van der Waals surface area contributed by atoms with Gasteiger partial charge in [-0.25, -0.2) is 0 Å². The molecule has 0 aromatic heterocycles. The summed E-state index contributed by atoms with van der Waals surface area (Å²) in [4.78, 5) is 2.23. The van der Waals surface area contributed by atoms with Crippen LogP contribution in [0.1, 0.15) is 13.8 Å². The average Bonchev–Trinajstić information content (AvgIpc) is 2.21. The van der Waals surface area contributed by atoms with Crippen molar-refractivity contribution in [2.45, 2.75) is 26.1 Å². The van der Waals surface area contributed by atoms with E-state index in [4.69, 9.17) is 9.31 Å². The molecule has 0 aliphatic carbocycles. The first kappa shape index (κ1) is 6.64. The number of nitrogens with zero attached hydrogens (tertiary/aromatic N) is 1. The van der Waals surface area contributed by atoms with Gasteiger partial charge in [0.15, 0.2) is 0 Å². The van der Waals surface area contributed by atoms with Gasteiger partial charge in [-0.05, 0) is 26.9 Å². The van der Waals surface area contributed by atoms with E-state index in [0.717, 1.165) is 13.1 Å². The van der Waals surface area contributed by atoms with Gasteiger partial charge in [0, 0.05) is 12.2 Å². The molecule has 0 bridgehead atoms. The minimum absolute atomic E-state index is 0.0370. The Morgan fingerprint density at radius 3 is 2.10 bits per heavy atom. The Labute approximate surface area is 61.5 Å². The van der Waals surface area contributed by atoms with Gasteiger partial charge in [-0.3, -0.25) is 0 Å². The van der Waals surface area contributed by atoms with Gasteiger partial charge in [0.05, 0.1) is 0 Å². The predicted octanol–water partition coefficient (Wildman–Crippen LogP) is 0.111. The van der Waals surface area contributed by atoms with E-state index >= 15 is 0 Å². The second kappa shape index (κ2) is 2.22. The Kier molecular flexibility index (Phi) is 1.48. The van der Waals surface area contributed by atoms with Gasteiger partial charge in [0.25, 0.3) is 0 Å². The molecule has 57 valence electrons. The zero-order valence-electron chi connectivity index (χ0n) is 6.41. The molecule has 3 nitrogen and oxygen atoms in total. The lowest BCUT2D eigenvalue weighted by Crippen LogP contribution is -2.28. The molecule has 0 aromatic carbocycles. The summed E-state index contributed by atoms with van der Waals surface area (Å²) < 4.78 is 10.9. The van der Waals surface area contributed by atoms with Crippen LogP contribution >= 0.6 is 0 Å². The fraction of sp³-hybridized carbons (Fsp3) is 1.00. The van der Waals surface area contributed by atoms with Crippen molar-refractivity contribution in [1.82, 2.24) is 4.81 Å². The summed E-state index contributed by atoms with van der Waals surface area (Å²) in [6.45, 7) is 6.20. The number of hydrogen-bond donors (Lipinski definition) is 0. The average molecular weight is 141 g/mol. The van der Waals surface area contributed by atoms with E-state index in [-0.39, 0.29) is 7.25 Å². The van der Waals surface area contributed by atoms with E-state index in [0.29, 0.717) is 12.2 Å². The summed E-state index contributed by atoms with van der Waals surface area (Å²) in [5, 5.41) is 0. The summed E-state index contributed by atoms with van der Waals surface area (Å²) in [5.41, 5.74) is 0. The van der Waals surface area contributed by atoms with Crippen LogP contribution in [-0.4, -0.2) is 37.4 Å². The highest BCUT2D eigenvalue weighted by molar-refractivity contribution is 6.42. The minimum atomic E-state index is -0.0370. The van der Waals surface area contributed by atoms with Crippen molar-refractivity contribution in [2.75, 3.05) is 13.1 Å². The van der Waals surface area contributed by atoms with Gasteiger partial charge in [0.2, 0.25) is 7.25 Å². The summed E-state index contributed by atoms with van der Waals surface area (Å²) >= 11 is 0. The molecule has 2 aliphatic rings. The summed E-state index contributed by atoms with van der Waals surface area (Å²) in [5.74, 6) is 0. The molecule has 2 fully saturated rings. The van der Waals surface area contributed by atoms with E-state index in [2.05, 4.69) is 18.7 Å². The van der Waals surface area contributed by atoms with E-state index in [1.807, 2.05) is 0 Å². The quantitative estimate of drug-likeness (QED) is 0.447. The largest absolute Gasteiger partial charge is 0.574 e. The molecule has 2 atom stereocenters. The fourth-order valence-electron chi connectivity index (χ4n) is 1.59. The van der Waals surface area contributed by atoms with Crippen LogP contribution in [0.25, 0.3) is 0 Å². The molecule has 2 aliphatic heterocycles. The van der Waals surface area contributed by atoms with Crippen LogP contribution in [0.5, 0.6) is 0 Å². The molecule has 0 unspecified atom stereocenters. The van der Waals surface area contributed by atoms with E-state index in [9.17, 15) is 0 Å². The lowest BCUT2D eigenvalue weighted by molar-refractivity contribution is 0.157. The van der Waals surface area contributed by atoms with Gasteiger partial charge in [-0.15, -0.1) is 0 Å². The van der Waals surface area contributed by atoms with Crippen molar-refractivity contribution in [3.63, 3.8) is 0 Å². The molecule has 0 saturated carbocycles. The van der Waals surface area contributed by atoms with Gasteiger partial charge in [-0.1, -0.05) is 0 Å². The molecule has 2 heterocycles. The topological polar surface area (TPSA) is 21.7 Å². The van der Waals surface area contributed by atoms with Crippen LogP contribution in [0.4, 0.5) is 0 Å². The number of fused-ring (bicyclic) bond motifs is 1. The van der Waals surface area contributed by atoms with Gasteiger partial charge >= 0.3 is 0 Å². The van der Waals surface area contributed by atoms with Crippen molar-refractivity contribution >= 4 is 7.25 Å². The number of hydrogen-bond acceptors (Lipinski definition) is 3. The third kappa shape index (κ3) is 0.963. The van der Waals surface area contributed by atoms with Crippen LogP contribution < -0.4 is 0 Å². The standard InChI is InChI=1S/C6H12BNO2/c1-5-3-8-4-6(2)10-7(8)9-5/h5-6H,3-4H2,1-2H3/q-1/t5-,6-/m0/s1. The van der Waals surface area contributed by atoms with Crippen LogP contribution in [-0.2, 0) is 9.31 Å². The predicted molar refractivity (Wildman–Crippen MR) is 38.4 cm³/mol. The first-order valence-corrected chi connectivity index (χ1v) is 3.80. The Morgan fingerprint density at radius 1 is 1.20 bits per heavy atom. The van der Waals surface area contributed by atoms with E-state index in [1.54, 1.807) is 0 Å². The Balaban J connectivity index is 2.00. The zero-order chi connectivity index (χ0) is 7.14. The molecule has 10 heavy (non-hydrogen) atoms. The van der Waals surface area contributed by atoms with Crippen LogP contribution in [0.2, 0.25) is 0 Å². The van der Waals surface area contributed by atoms with Crippen molar-refractivity contribution in [3.8, 4) is 0 Å². The SMILES string of the molecule is C[C@H]1CN2C[C@H](C)O[B-]2O1. The molecule has 0 N–H and O–H groups in total. The van der Waals surface area contributed by atoms with Crippen molar-refractivity contribution in [1.29, 1.82) is 0 Å². The molecular formula is C6H12BNO2-. The minimum Gasteiger partial charge on any atom is -0.574 e. The molecule has 1 radical (unpaired) electrons. The molecule has 0 amide bonds. The third-order valence-electron chi connectivity index (χ3n) is 1.98. The molecular weight excluding hydrogens is 129 g/mol. The first-order valence-electron chi connectivity index (χ1n) is 3.80. The molecule has 4 heteroatoms. The molecule has 0 aromatic rings. The van der Waals surface area contributed by atoms with E-state index in [1.165, 1.54) is 0 Å².